The summed E-state index contributed by atoms with van der Waals surface area (Å²) in [4.78, 5) is 0. The highest BCUT2D eigenvalue weighted by molar-refractivity contribution is 5.11. The molecule has 0 aromatic heterocycles. The molecule has 2 unspecified atom stereocenters. The van der Waals surface area contributed by atoms with Gasteiger partial charge in [-0.2, -0.15) is 5.26 Å². The first-order chi connectivity index (χ1) is 12.5. The molecule has 2 rings (SSSR count). The van der Waals surface area contributed by atoms with Crippen LogP contribution in [0.25, 0.3) is 0 Å². The van der Waals surface area contributed by atoms with E-state index in [1.165, 1.54) is 38.5 Å². The Hall–Kier alpha value is -0.650. The van der Waals surface area contributed by atoms with E-state index in [0.29, 0.717) is 18.8 Å². The molecular weight excluding hydrogens is 328 g/mol. The lowest BCUT2D eigenvalue weighted by Gasteiger charge is -2.45. The second kappa shape index (κ2) is 10.0. The summed E-state index contributed by atoms with van der Waals surface area (Å²) in [5.41, 5.74) is -1.39. The molecule has 0 spiro atoms. The maximum atomic E-state index is 15.0. The molecule has 2 atom stereocenters. The van der Waals surface area contributed by atoms with Crippen LogP contribution in [0, 0.1) is 34.5 Å². The number of nitriles is 1. The van der Waals surface area contributed by atoms with E-state index in [-0.39, 0.29) is 12.3 Å². The van der Waals surface area contributed by atoms with Gasteiger partial charge in [0.25, 0.3) is 5.92 Å². The average Bonchev–Trinajstić information content (AvgIpc) is 2.64. The van der Waals surface area contributed by atoms with Gasteiger partial charge in [-0.3, -0.25) is 0 Å². The van der Waals surface area contributed by atoms with Crippen LogP contribution in [0.15, 0.2) is 0 Å². The van der Waals surface area contributed by atoms with Gasteiger partial charge in [0.15, 0.2) is 0 Å². The summed E-state index contributed by atoms with van der Waals surface area (Å²) in [5.74, 6) is -1.38. The lowest BCUT2D eigenvalue weighted by atomic mass is 9.61. The third-order valence-electron chi connectivity index (χ3n) is 7.36. The van der Waals surface area contributed by atoms with Crippen LogP contribution in [-0.2, 0) is 0 Å². The van der Waals surface area contributed by atoms with Crippen molar-refractivity contribution in [3.63, 3.8) is 0 Å². The van der Waals surface area contributed by atoms with Gasteiger partial charge in [-0.15, -0.1) is 0 Å². The Morgan fingerprint density at radius 1 is 0.885 bits per heavy atom. The van der Waals surface area contributed by atoms with Gasteiger partial charge in [0, 0.05) is 6.42 Å². The van der Waals surface area contributed by atoms with E-state index < -0.39 is 11.3 Å². The third kappa shape index (κ3) is 5.20. The molecule has 0 bridgehead atoms. The van der Waals surface area contributed by atoms with E-state index in [0.717, 1.165) is 44.4 Å². The van der Waals surface area contributed by atoms with Crippen molar-refractivity contribution in [1.29, 1.82) is 5.26 Å². The molecule has 0 heterocycles. The van der Waals surface area contributed by atoms with Crippen LogP contribution in [0.4, 0.5) is 8.78 Å². The van der Waals surface area contributed by atoms with Crippen molar-refractivity contribution in [3.05, 3.63) is 0 Å². The molecule has 3 heteroatoms. The summed E-state index contributed by atoms with van der Waals surface area (Å²) < 4.78 is 30.0. The smallest absolute Gasteiger partial charge is 0.205 e. The molecule has 2 aliphatic carbocycles. The molecule has 0 radical (unpaired) electrons. The van der Waals surface area contributed by atoms with Crippen LogP contribution in [0.2, 0.25) is 0 Å². The Balaban J connectivity index is 1.86. The molecule has 0 saturated heterocycles. The first-order valence-corrected chi connectivity index (χ1v) is 11.3. The average molecular weight is 368 g/mol. The van der Waals surface area contributed by atoms with Crippen molar-refractivity contribution in [2.45, 2.75) is 116 Å². The number of hydrogen-bond acceptors (Lipinski definition) is 1. The largest absolute Gasteiger partial charge is 0.266 e. The zero-order chi connectivity index (χ0) is 19.0. The monoisotopic (exact) mass is 367 g/mol. The van der Waals surface area contributed by atoms with E-state index in [1.807, 2.05) is 0 Å². The summed E-state index contributed by atoms with van der Waals surface area (Å²) in [5, 5.41) is 9.58. The van der Waals surface area contributed by atoms with Crippen LogP contribution in [0.3, 0.4) is 0 Å². The van der Waals surface area contributed by atoms with E-state index in [1.54, 1.807) is 0 Å². The summed E-state index contributed by atoms with van der Waals surface area (Å²) in [6.45, 7) is 4.32. The van der Waals surface area contributed by atoms with Gasteiger partial charge in [-0.05, 0) is 49.9 Å². The van der Waals surface area contributed by atoms with Crippen molar-refractivity contribution in [2.24, 2.45) is 23.2 Å². The second-order valence-corrected chi connectivity index (χ2v) is 9.13. The minimum Gasteiger partial charge on any atom is -0.205 e. The van der Waals surface area contributed by atoms with Gasteiger partial charge in [-0.1, -0.05) is 71.6 Å². The molecule has 26 heavy (non-hydrogen) atoms. The predicted octanol–water partition coefficient (Wildman–Crippen LogP) is 7.90. The van der Waals surface area contributed by atoms with Crippen LogP contribution in [0.5, 0.6) is 0 Å². The number of unbranched alkanes of at least 4 members (excludes halogenated alkanes) is 4. The van der Waals surface area contributed by atoms with Gasteiger partial charge in [0.05, 0.1) is 6.07 Å². The van der Waals surface area contributed by atoms with Crippen LogP contribution < -0.4 is 0 Å². The Labute approximate surface area is 159 Å². The van der Waals surface area contributed by atoms with E-state index in [9.17, 15) is 5.26 Å². The molecular formula is C23H39F2N. The van der Waals surface area contributed by atoms with Crippen molar-refractivity contribution in [3.8, 4) is 6.07 Å². The number of nitrogens with zero attached hydrogens (tertiary/aromatic N) is 1. The molecule has 0 N–H and O–H groups in total. The van der Waals surface area contributed by atoms with Crippen LogP contribution in [0.1, 0.15) is 110 Å². The fourth-order valence-corrected chi connectivity index (χ4v) is 5.45. The van der Waals surface area contributed by atoms with E-state index in [2.05, 4.69) is 19.9 Å². The Morgan fingerprint density at radius 2 is 1.54 bits per heavy atom. The molecule has 0 aliphatic heterocycles. The maximum Gasteiger partial charge on any atom is 0.266 e. The molecule has 2 fully saturated rings. The maximum absolute atomic E-state index is 15.0. The van der Waals surface area contributed by atoms with Gasteiger partial charge in [-0.25, -0.2) is 8.78 Å². The first-order valence-electron chi connectivity index (χ1n) is 11.3. The number of halogens is 2. The molecule has 2 aliphatic rings. The lowest BCUT2D eigenvalue weighted by Crippen LogP contribution is -2.47. The number of hydrogen-bond donors (Lipinski definition) is 0. The predicted molar refractivity (Wildman–Crippen MR) is 104 cm³/mol. The highest BCUT2D eigenvalue weighted by Gasteiger charge is 2.57. The molecule has 0 amide bonds. The Morgan fingerprint density at radius 3 is 2.12 bits per heavy atom. The summed E-state index contributed by atoms with van der Waals surface area (Å²) >= 11 is 0. The minimum absolute atomic E-state index is 0.0438. The Bertz CT molecular complexity index is 448. The van der Waals surface area contributed by atoms with Crippen molar-refractivity contribution in [2.75, 3.05) is 0 Å². The van der Waals surface area contributed by atoms with Crippen molar-refractivity contribution < 1.29 is 8.78 Å². The second-order valence-electron chi connectivity index (χ2n) is 9.13. The van der Waals surface area contributed by atoms with E-state index in [4.69, 9.17) is 0 Å². The van der Waals surface area contributed by atoms with Gasteiger partial charge >= 0.3 is 0 Å². The lowest BCUT2D eigenvalue weighted by molar-refractivity contribution is -0.148. The van der Waals surface area contributed by atoms with Crippen LogP contribution in [-0.4, -0.2) is 5.92 Å². The Kier molecular flexibility index (Phi) is 8.37. The summed E-state index contributed by atoms with van der Waals surface area (Å²) in [6, 6.07) is 2.08. The molecule has 150 valence electrons. The molecule has 2 saturated carbocycles. The highest BCUT2D eigenvalue weighted by atomic mass is 19.3. The fourth-order valence-electron chi connectivity index (χ4n) is 5.45. The topological polar surface area (TPSA) is 23.8 Å². The molecule has 0 aromatic carbocycles. The first kappa shape index (κ1) is 21.6. The van der Waals surface area contributed by atoms with Gasteiger partial charge in [0.2, 0.25) is 0 Å². The summed E-state index contributed by atoms with van der Waals surface area (Å²) in [7, 11) is 0. The van der Waals surface area contributed by atoms with Gasteiger partial charge in [0.1, 0.15) is 5.41 Å². The van der Waals surface area contributed by atoms with Crippen LogP contribution >= 0.6 is 0 Å². The quantitative estimate of drug-likeness (QED) is 0.380. The van der Waals surface area contributed by atoms with E-state index >= 15 is 8.78 Å². The van der Waals surface area contributed by atoms with Crippen molar-refractivity contribution in [1.82, 2.24) is 0 Å². The normalized spacial score (nSPS) is 34.3. The number of alkyl halides is 2. The zero-order valence-electron chi connectivity index (χ0n) is 17.0. The molecule has 0 aromatic rings. The van der Waals surface area contributed by atoms with Crippen molar-refractivity contribution >= 4 is 0 Å². The highest BCUT2D eigenvalue weighted by Crippen LogP contribution is 2.55. The zero-order valence-corrected chi connectivity index (χ0v) is 17.0. The number of rotatable bonds is 9. The third-order valence-corrected chi connectivity index (χ3v) is 7.36. The van der Waals surface area contributed by atoms with Gasteiger partial charge < -0.3 is 0 Å². The SMILES string of the molecule is CCCCCC1CCC(C2CCC(C#N)(CCCCC)C(F)(F)C2)CC1. The summed E-state index contributed by atoms with van der Waals surface area (Å²) in [6.07, 6.45) is 14.3. The minimum atomic E-state index is -2.81. The molecule has 1 nitrogen and oxygen atoms in total. The fraction of sp³-hybridized carbons (Fsp3) is 0.957. The standard InChI is InChI=1S/C23H39F2N/c1-3-5-7-9-19-10-12-20(13-11-19)21-14-16-22(18-26,15-8-6-4-2)23(24,25)17-21/h19-21H,3-17H2,1-2H3.